The molecule has 5 nitrogen and oxygen atoms in total. The molecule has 6 heteroatoms. The molecule has 0 aliphatic rings. The highest BCUT2D eigenvalue weighted by molar-refractivity contribution is 14.1. The minimum absolute atomic E-state index is 0.0760. The van der Waals surface area contributed by atoms with Crippen molar-refractivity contribution in [2.45, 2.75) is 13.5 Å². The average molecular weight is 366 g/mol. The van der Waals surface area contributed by atoms with Crippen molar-refractivity contribution in [1.82, 2.24) is 0 Å². The van der Waals surface area contributed by atoms with Crippen LogP contribution in [0.5, 0.6) is 11.5 Å². The zero-order chi connectivity index (χ0) is 13.5. The molecule has 0 bridgehead atoms. The fourth-order valence-electron chi connectivity index (χ4n) is 1.31. The third-order valence-corrected chi connectivity index (χ3v) is 2.92. The summed E-state index contributed by atoms with van der Waals surface area (Å²) in [5.41, 5.74) is 0.730. The first kappa shape index (κ1) is 15.0. The fourth-order valence-corrected chi connectivity index (χ4v) is 2.13. The molecule has 0 radical (unpaired) electrons. The number of rotatable bonds is 6. The van der Waals surface area contributed by atoms with Crippen LogP contribution in [0.4, 0.5) is 0 Å². The first-order valence-electron chi connectivity index (χ1n) is 5.38. The average Bonchev–Trinajstić information content (AvgIpc) is 2.37. The van der Waals surface area contributed by atoms with Gasteiger partial charge in [-0.2, -0.15) is 0 Å². The van der Waals surface area contributed by atoms with Gasteiger partial charge in [0, 0.05) is 0 Å². The quantitative estimate of drug-likeness (QED) is 0.614. The highest BCUT2D eigenvalue weighted by atomic mass is 127. The van der Waals surface area contributed by atoms with Crippen LogP contribution in [0, 0.1) is 3.57 Å². The van der Waals surface area contributed by atoms with Crippen LogP contribution in [-0.4, -0.2) is 31.4 Å². The second kappa shape index (κ2) is 7.42. The van der Waals surface area contributed by atoms with Crippen LogP contribution in [0.25, 0.3) is 0 Å². The standard InChI is InChI=1S/C12H15IO5/c1-3-17-10-5-8(6-14)4-9(13)12(10)18-7-11(15)16-2/h4-5,14H,3,6-7H2,1-2H3. The smallest absolute Gasteiger partial charge is 0.343 e. The van der Waals surface area contributed by atoms with Gasteiger partial charge in [-0.25, -0.2) is 4.79 Å². The van der Waals surface area contributed by atoms with Crippen LogP contribution in [0.3, 0.4) is 0 Å². The summed E-state index contributed by atoms with van der Waals surface area (Å²) in [7, 11) is 1.30. The van der Waals surface area contributed by atoms with Gasteiger partial charge in [0.1, 0.15) is 0 Å². The highest BCUT2D eigenvalue weighted by Crippen LogP contribution is 2.34. The minimum Gasteiger partial charge on any atom is -0.490 e. The van der Waals surface area contributed by atoms with Gasteiger partial charge in [-0.3, -0.25) is 0 Å². The monoisotopic (exact) mass is 366 g/mol. The van der Waals surface area contributed by atoms with E-state index in [0.717, 1.165) is 9.13 Å². The normalized spacial score (nSPS) is 10.0. The lowest BCUT2D eigenvalue weighted by Crippen LogP contribution is -2.14. The van der Waals surface area contributed by atoms with Gasteiger partial charge < -0.3 is 19.3 Å². The Hall–Kier alpha value is -1.02. The number of halogens is 1. The van der Waals surface area contributed by atoms with Crippen LogP contribution in [-0.2, 0) is 16.1 Å². The fraction of sp³-hybridized carbons (Fsp3) is 0.417. The number of esters is 1. The van der Waals surface area contributed by atoms with Gasteiger partial charge in [-0.1, -0.05) is 0 Å². The molecule has 1 aromatic carbocycles. The molecule has 0 aliphatic carbocycles. The summed E-state index contributed by atoms with van der Waals surface area (Å²) >= 11 is 2.07. The third-order valence-electron chi connectivity index (χ3n) is 2.11. The van der Waals surface area contributed by atoms with E-state index in [2.05, 4.69) is 27.3 Å². The van der Waals surface area contributed by atoms with Gasteiger partial charge in [0.25, 0.3) is 0 Å². The lowest BCUT2D eigenvalue weighted by Gasteiger charge is -2.14. The van der Waals surface area contributed by atoms with Crippen LogP contribution < -0.4 is 9.47 Å². The Kier molecular flexibility index (Phi) is 6.20. The van der Waals surface area contributed by atoms with Gasteiger partial charge >= 0.3 is 5.97 Å². The van der Waals surface area contributed by atoms with Crippen molar-refractivity contribution in [2.24, 2.45) is 0 Å². The molecule has 1 N–H and O–H groups in total. The van der Waals surface area contributed by atoms with E-state index >= 15 is 0 Å². The summed E-state index contributed by atoms with van der Waals surface area (Å²) in [5.74, 6) is 0.539. The van der Waals surface area contributed by atoms with Crippen molar-refractivity contribution in [3.8, 4) is 11.5 Å². The number of ether oxygens (including phenoxy) is 3. The number of aliphatic hydroxyl groups excluding tert-OH is 1. The summed E-state index contributed by atoms with van der Waals surface area (Å²) < 4.78 is 16.1. The molecular weight excluding hydrogens is 351 g/mol. The Labute approximate surface area is 119 Å². The maximum absolute atomic E-state index is 11.1. The van der Waals surface area contributed by atoms with E-state index in [-0.39, 0.29) is 13.2 Å². The number of aliphatic hydroxyl groups is 1. The number of carbonyl (C=O) groups is 1. The lowest BCUT2D eigenvalue weighted by atomic mass is 10.2. The molecule has 0 fully saturated rings. The Morgan fingerprint density at radius 2 is 2.11 bits per heavy atom. The zero-order valence-electron chi connectivity index (χ0n) is 10.2. The van der Waals surface area contributed by atoms with Crippen molar-refractivity contribution in [1.29, 1.82) is 0 Å². The second-order valence-corrected chi connectivity index (χ2v) is 4.52. The molecule has 0 saturated carbocycles. The van der Waals surface area contributed by atoms with Crippen molar-refractivity contribution in [3.05, 3.63) is 21.3 Å². The molecule has 0 heterocycles. The number of carbonyl (C=O) groups excluding carboxylic acids is 1. The lowest BCUT2D eigenvalue weighted by molar-refractivity contribution is -0.142. The topological polar surface area (TPSA) is 65.0 Å². The van der Waals surface area contributed by atoms with Crippen LogP contribution in [0.1, 0.15) is 12.5 Å². The zero-order valence-corrected chi connectivity index (χ0v) is 12.4. The van der Waals surface area contributed by atoms with E-state index < -0.39 is 5.97 Å². The summed E-state index contributed by atoms with van der Waals surface area (Å²) in [4.78, 5) is 11.1. The Bertz CT molecular complexity index is 419. The summed E-state index contributed by atoms with van der Waals surface area (Å²) in [6, 6.07) is 3.47. The summed E-state index contributed by atoms with van der Waals surface area (Å²) in [5, 5.41) is 9.13. The molecule has 18 heavy (non-hydrogen) atoms. The molecule has 100 valence electrons. The van der Waals surface area contributed by atoms with Crippen LogP contribution in [0.2, 0.25) is 0 Å². The molecule has 0 aromatic heterocycles. The maximum Gasteiger partial charge on any atom is 0.343 e. The molecule has 0 amide bonds. The molecule has 0 atom stereocenters. The predicted molar refractivity (Wildman–Crippen MR) is 73.8 cm³/mol. The third kappa shape index (κ3) is 4.02. The number of hydrogen-bond acceptors (Lipinski definition) is 5. The van der Waals surface area contributed by atoms with Gasteiger partial charge in [-0.15, -0.1) is 0 Å². The van der Waals surface area contributed by atoms with E-state index in [1.54, 1.807) is 12.1 Å². The predicted octanol–water partition coefficient (Wildman–Crippen LogP) is 1.73. The van der Waals surface area contributed by atoms with E-state index in [1.165, 1.54) is 7.11 Å². The van der Waals surface area contributed by atoms with Crippen molar-refractivity contribution >= 4 is 28.6 Å². The molecule has 0 aliphatic heterocycles. The maximum atomic E-state index is 11.1. The van der Waals surface area contributed by atoms with Crippen molar-refractivity contribution < 1.29 is 24.1 Å². The van der Waals surface area contributed by atoms with Gasteiger partial charge in [0.05, 0.1) is 23.9 Å². The first-order chi connectivity index (χ1) is 8.62. The van der Waals surface area contributed by atoms with Crippen LogP contribution >= 0.6 is 22.6 Å². The number of methoxy groups -OCH3 is 1. The summed E-state index contributed by atoms with van der Waals surface area (Å²) in [6.07, 6.45) is 0. The van der Waals surface area contributed by atoms with Crippen LogP contribution in [0.15, 0.2) is 12.1 Å². The highest BCUT2D eigenvalue weighted by Gasteiger charge is 2.13. The molecule has 0 spiro atoms. The molecule has 1 aromatic rings. The second-order valence-electron chi connectivity index (χ2n) is 3.36. The van der Waals surface area contributed by atoms with Gasteiger partial charge in [0.15, 0.2) is 18.1 Å². The summed E-state index contributed by atoms with van der Waals surface area (Å²) in [6.45, 7) is 2.07. The van der Waals surface area contributed by atoms with E-state index in [9.17, 15) is 4.79 Å². The SMILES string of the molecule is CCOc1cc(CO)cc(I)c1OCC(=O)OC. The Morgan fingerprint density at radius 1 is 1.39 bits per heavy atom. The first-order valence-corrected chi connectivity index (χ1v) is 6.45. The van der Waals surface area contributed by atoms with Crippen molar-refractivity contribution in [2.75, 3.05) is 20.3 Å². The van der Waals surface area contributed by atoms with Gasteiger partial charge in [0.2, 0.25) is 0 Å². The molecule has 0 unspecified atom stereocenters. The molecule has 1 rings (SSSR count). The largest absolute Gasteiger partial charge is 0.490 e. The minimum atomic E-state index is -0.459. The van der Waals surface area contributed by atoms with E-state index in [1.807, 2.05) is 6.92 Å². The van der Waals surface area contributed by atoms with E-state index in [0.29, 0.717) is 18.1 Å². The molecule has 0 saturated heterocycles. The molecular formula is C12H15IO5. The van der Waals surface area contributed by atoms with E-state index in [4.69, 9.17) is 14.6 Å². The Morgan fingerprint density at radius 3 is 2.67 bits per heavy atom. The Balaban J connectivity index is 2.96. The van der Waals surface area contributed by atoms with Crippen molar-refractivity contribution in [3.63, 3.8) is 0 Å². The number of benzene rings is 1. The number of hydrogen-bond donors (Lipinski definition) is 1. The van der Waals surface area contributed by atoms with Gasteiger partial charge in [-0.05, 0) is 47.2 Å².